The summed E-state index contributed by atoms with van der Waals surface area (Å²) < 4.78 is 0. The first-order valence-electron chi connectivity index (χ1n) is 5.05. The molecule has 0 spiro atoms. The number of nitrogens with one attached hydrogen (secondary N) is 1. The Morgan fingerprint density at radius 1 is 1.57 bits per heavy atom. The maximum absolute atomic E-state index is 9.35. The van der Waals surface area contributed by atoms with Gasteiger partial charge < -0.3 is 21.4 Å². The topological polar surface area (TPSA) is 90.9 Å². The Kier molecular flexibility index (Phi) is 8.27. The molecule has 0 radical (unpaired) electrons. The Balaban J connectivity index is 3.21. The van der Waals surface area contributed by atoms with E-state index in [1.807, 2.05) is 6.92 Å². The second-order valence-electron chi connectivity index (χ2n) is 3.34. The molecule has 14 heavy (non-hydrogen) atoms. The number of hydrogen-bond donors (Lipinski definition) is 4. The van der Waals surface area contributed by atoms with Crippen molar-refractivity contribution in [2.24, 2.45) is 10.9 Å². The zero-order valence-electron chi connectivity index (χ0n) is 8.74. The molecule has 5 heteroatoms. The Bertz CT molecular complexity index is 162. The molecule has 0 aliphatic rings. The van der Waals surface area contributed by atoms with Crippen LogP contribution in [0, 0.1) is 0 Å². The molecule has 1 unspecified atom stereocenters. The van der Waals surface area contributed by atoms with Gasteiger partial charge in [0.15, 0.2) is 0 Å². The van der Waals surface area contributed by atoms with Crippen LogP contribution in [0.2, 0.25) is 0 Å². The van der Waals surface area contributed by atoms with E-state index in [9.17, 15) is 5.11 Å². The second-order valence-corrected chi connectivity index (χ2v) is 3.34. The minimum absolute atomic E-state index is 0.251. The summed E-state index contributed by atoms with van der Waals surface area (Å²) in [7, 11) is 0. The first-order valence-corrected chi connectivity index (χ1v) is 5.05. The lowest BCUT2D eigenvalue weighted by atomic mass is 10.2. The Morgan fingerprint density at radius 2 is 2.29 bits per heavy atom. The molecule has 0 aromatic carbocycles. The summed E-state index contributed by atoms with van der Waals surface area (Å²) in [5.74, 6) is 0.251. The molecule has 0 heterocycles. The van der Waals surface area contributed by atoms with Crippen LogP contribution in [0.4, 0.5) is 0 Å². The van der Waals surface area contributed by atoms with Gasteiger partial charge in [-0.15, -0.1) is 0 Å². The van der Waals surface area contributed by atoms with E-state index in [1.54, 1.807) is 0 Å². The monoisotopic (exact) mass is 203 g/mol. The summed E-state index contributed by atoms with van der Waals surface area (Å²) in [6.45, 7) is 3.43. The average Bonchev–Trinajstić information content (AvgIpc) is 2.17. The average molecular weight is 203 g/mol. The van der Waals surface area contributed by atoms with E-state index >= 15 is 0 Å². The van der Waals surface area contributed by atoms with Crippen LogP contribution in [0.3, 0.4) is 0 Å². The maximum Gasteiger partial charge on any atom is 0.139 e. The van der Waals surface area contributed by atoms with E-state index in [1.165, 1.54) is 0 Å². The lowest BCUT2D eigenvalue weighted by molar-refractivity contribution is 0.161. The van der Waals surface area contributed by atoms with Crippen molar-refractivity contribution in [1.82, 2.24) is 5.32 Å². The third-order valence-electron chi connectivity index (χ3n) is 1.92. The van der Waals surface area contributed by atoms with Crippen molar-refractivity contribution in [3.63, 3.8) is 0 Å². The summed E-state index contributed by atoms with van der Waals surface area (Å²) in [5, 5.41) is 23.6. The lowest BCUT2D eigenvalue weighted by Crippen LogP contribution is -2.28. The van der Waals surface area contributed by atoms with E-state index < -0.39 is 0 Å². The van der Waals surface area contributed by atoms with Crippen LogP contribution in [-0.2, 0) is 0 Å². The smallest absolute Gasteiger partial charge is 0.139 e. The molecule has 5 nitrogen and oxygen atoms in total. The third kappa shape index (κ3) is 7.82. The SMILES string of the molecule is CCCC(O)CNCCCC(N)=NO. The minimum Gasteiger partial charge on any atom is -0.409 e. The van der Waals surface area contributed by atoms with Crippen molar-refractivity contribution in [2.45, 2.75) is 38.7 Å². The van der Waals surface area contributed by atoms with Crippen LogP contribution in [0.1, 0.15) is 32.6 Å². The lowest BCUT2D eigenvalue weighted by Gasteiger charge is -2.09. The molecule has 0 saturated carbocycles. The van der Waals surface area contributed by atoms with Crippen molar-refractivity contribution >= 4 is 5.84 Å². The zero-order valence-corrected chi connectivity index (χ0v) is 8.74. The van der Waals surface area contributed by atoms with Crippen LogP contribution in [0.25, 0.3) is 0 Å². The largest absolute Gasteiger partial charge is 0.409 e. The van der Waals surface area contributed by atoms with Crippen molar-refractivity contribution < 1.29 is 10.3 Å². The standard InChI is InChI=1S/C9H21N3O2/c1-2-4-8(13)7-11-6-3-5-9(10)12-14/h8,11,13-14H,2-7H2,1H3,(H2,10,12). The van der Waals surface area contributed by atoms with Gasteiger partial charge in [-0.1, -0.05) is 18.5 Å². The van der Waals surface area contributed by atoms with E-state index in [4.69, 9.17) is 10.9 Å². The number of nitrogens with zero attached hydrogens (tertiary/aromatic N) is 1. The normalized spacial score (nSPS) is 14.3. The number of aliphatic hydroxyl groups excluding tert-OH is 1. The quantitative estimate of drug-likeness (QED) is 0.150. The zero-order chi connectivity index (χ0) is 10.8. The number of amidine groups is 1. The van der Waals surface area contributed by atoms with Crippen molar-refractivity contribution in [2.75, 3.05) is 13.1 Å². The van der Waals surface area contributed by atoms with E-state index in [0.29, 0.717) is 13.0 Å². The summed E-state index contributed by atoms with van der Waals surface area (Å²) >= 11 is 0. The maximum atomic E-state index is 9.35. The summed E-state index contributed by atoms with van der Waals surface area (Å²) in [6.07, 6.45) is 2.95. The molecule has 0 saturated heterocycles. The fourth-order valence-corrected chi connectivity index (χ4v) is 1.15. The van der Waals surface area contributed by atoms with Gasteiger partial charge in [0.2, 0.25) is 0 Å². The van der Waals surface area contributed by atoms with Gasteiger partial charge in [-0.25, -0.2) is 0 Å². The van der Waals surface area contributed by atoms with Crippen LogP contribution < -0.4 is 11.1 Å². The van der Waals surface area contributed by atoms with Gasteiger partial charge in [0, 0.05) is 13.0 Å². The van der Waals surface area contributed by atoms with Crippen LogP contribution in [-0.4, -0.2) is 35.3 Å². The fourth-order valence-electron chi connectivity index (χ4n) is 1.15. The number of oxime groups is 1. The molecular weight excluding hydrogens is 182 g/mol. The predicted octanol–water partition coefficient (Wildman–Crippen LogP) is 0.264. The summed E-state index contributed by atoms with van der Waals surface area (Å²) in [5.41, 5.74) is 5.29. The molecule has 0 aromatic heterocycles. The highest BCUT2D eigenvalue weighted by Gasteiger charge is 2.00. The van der Waals surface area contributed by atoms with E-state index in [2.05, 4.69) is 10.5 Å². The van der Waals surface area contributed by atoms with E-state index in [0.717, 1.165) is 25.8 Å². The van der Waals surface area contributed by atoms with Gasteiger partial charge in [0.1, 0.15) is 5.84 Å². The van der Waals surface area contributed by atoms with Crippen molar-refractivity contribution in [3.8, 4) is 0 Å². The van der Waals surface area contributed by atoms with Gasteiger partial charge in [-0.3, -0.25) is 0 Å². The van der Waals surface area contributed by atoms with Crippen molar-refractivity contribution in [1.29, 1.82) is 0 Å². The Labute approximate surface area is 85.0 Å². The molecule has 5 N–H and O–H groups in total. The molecule has 84 valence electrons. The van der Waals surface area contributed by atoms with Gasteiger partial charge in [0.25, 0.3) is 0 Å². The predicted molar refractivity (Wildman–Crippen MR) is 56.4 cm³/mol. The third-order valence-corrected chi connectivity index (χ3v) is 1.92. The number of nitrogens with two attached hydrogens (primary N) is 1. The van der Waals surface area contributed by atoms with Gasteiger partial charge in [-0.2, -0.15) is 0 Å². The molecule has 0 rings (SSSR count). The fraction of sp³-hybridized carbons (Fsp3) is 0.889. The molecule has 0 aliphatic carbocycles. The second kappa shape index (κ2) is 8.77. The molecule has 0 aliphatic heterocycles. The number of hydrogen-bond acceptors (Lipinski definition) is 4. The number of aliphatic hydroxyl groups is 1. The summed E-state index contributed by atoms with van der Waals surface area (Å²) in [4.78, 5) is 0. The first-order chi connectivity index (χ1) is 6.70. The first kappa shape index (κ1) is 13.2. The molecular formula is C9H21N3O2. The minimum atomic E-state index is -0.260. The van der Waals surface area contributed by atoms with Crippen LogP contribution in [0.5, 0.6) is 0 Å². The Morgan fingerprint density at radius 3 is 2.86 bits per heavy atom. The van der Waals surface area contributed by atoms with E-state index in [-0.39, 0.29) is 11.9 Å². The van der Waals surface area contributed by atoms with Gasteiger partial charge in [-0.05, 0) is 19.4 Å². The highest BCUT2D eigenvalue weighted by molar-refractivity contribution is 5.79. The molecule has 1 atom stereocenters. The number of rotatable bonds is 8. The van der Waals surface area contributed by atoms with Gasteiger partial charge in [0.05, 0.1) is 6.10 Å². The van der Waals surface area contributed by atoms with Gasteiger partial charge >= 0.3 is 0 Å². The highest BCUT2D eigenvalue weighted by Crippen LogP contribution is 1.94. The van der Waals surface area contributed by atoms with Crippen LogP contribution >= 0.6 is 0 Å². The Hall–Kier alpha value is -0.810. The molecule has 0 fully saturated rings. The molecule has 0 aromatic rings. The molecule has 0 bridgehead atoms. The highest BCUT2D eigenvalue weighted by atomic mass is 16.4. The van der Waals surface area contributed by atoms with Crippen molar-refractivity contribution in [3.05, 3.63) is 0 Å². The van der Waals surface area contributed by atoms with Crippen LogP contribution in [0.15, 0.2) is 5.16 Å². The molecule has 0 amide bonds. The summed E-state index contributed by atoms with van der Waals surface area (Å²) in [6, 6.07) is 0.